The number of nitrogens with zero attached hydrogens (tertiary/aromatic N) is 7. The van der Waals surface area contributed by atoms with Crippen LogP contribution in [0.5, 0.6) is 0 Å². The van der Waals surface area contributed by atoms with Gasteiger partial charge in [-0.25, -0.2) is 14.3 Å². The van der Waals surface area contributed by atoms with E-state index in [-0.39, 0.29) is 17.5 Å². The number of pyridine rings is 1. The Morgan fingerprint density at radius 3 is 2.31 bits per heavy atom. The number of para-hydroxylation sites is 1. The van der Waals surface area contributed by atoms with Gasteiger partial charge in [0.25, 0.3) is 11.5 Å². The average Bonchev–Trinajstić information content (AvgIpc) is 3.35. The van der Waals surface area contributed by atoms with E-state index in [1.807, 2.05) is 67.3 Å². The summed E-state index contributed by atoms with van der Waals surface area (Å²) >= 11 is 0. The molecule has 1 aliphatic rings. The molecule has 3 aromatic heterocycles. The molecule has 0 N–H and O–H groups in total. The third-order valence-corrected chi connectivity index (χ3v) is 6.05. The van der Waals surface area contributed by atoms with Crippen LogP contribution in [0.3, 0.4) is 0 Å². The Hall–Kier alpha value is -4.27. The summed E-state index contributed by atoms with van der Waals surface area (Å²) in [6.07, 6.45) is 1.78. The van der Waals surface area contributed by atoms with Crippen LogP contribution < -0.4 is 10.5 Å². The predicted molar refractivity (Wildman–Crippen MR) is 134 cm³/mol. The molecule has 1 aliphatic heterocycles. The average molecular weight is 470 g/mol. The van der Waals surface area contributed by atoms with E-state index in [0.717, 1.165) is 11.5 Å². The summed E-state index contributed by atoms with van der Waals surface area (Å²) in [6, 6.07) is 20.3. The van der Waals surface area contributed by atoms with Gasteiger partial charge < -0.3 is 9.80 Å². The lowest BCUT2D eigenvalue weighted by Gasteiger charge is -2.35. The van der Waals surface area contributed by atoms with Gasteiger partial charge in [-0.1, -0.05) is 24.3 Å². The first-order valence-electron chi connectivity index (χ1n) is 11.7. The lowest BCUT2D eigenvalue weighted by atomic mass is 10.2. The number of anilines is 1. The lowest BCUT2D eigenvalue weighted by Crippen LogP contribution is -2.49. The number of hydrogen-bond donors (Lipinski definition) is 0. The molecule has 4 aromatic rings. The summed E-state index contributed by atoms with van der Waals surface area (Å²) in [5.41, 5.74) is 2.22. The summed E-state index contributed by atoms with van der Waals surface area (Å²) in [7, 11) is 0. The van der Waals surface area contributed by atoms with Crippen molar-refractivity contribution in [2.45, 2.75) is 19.9 Å². The Bertz CT molecular complexity index is 1370. The van der Waals surface area contributed by atoms with E-state index in [1.54, 1.807) is 23.0 Å². The van der Waals surface area contributed by atoms with E-state index < -0.39 is 0 Å². The number of carbonyl (C=O) groups excluding carboxylic acids is 1. The second kappa shape index (κ2) is 9.54. The van der Waals surface area contributed by atoms with E-state index in [9.17, 15) is 9.59 Å². The maximum atomic E-state index is 13.4. The molecular formula is C26H27N7O2. The van der Waals surface area contributed by atoms with Gasteiger partial charge in [0.2, 0.25) is 0 Å². The van der Waals surface area contributed by atoms with Crippen LogP contribution in [-0.2, 0) is 0 Å². The standard InChI is InChI=1S/C26H27N7O2/c1-19(2)32-25(34)12-11-21(28-32)23-18-22(29-33(23)20-8-4-3-5-9-20)26(35)31-16-14-30(15-17-31)24-10-6-7-13-27-24/h3-13,18-19H,14-17H2,1-2H3. The summed E-state index contributed by atoms with van der Waals surface area (Å²) in [6.45, 7) is 6.39. The molecule has 9 heteroatoms. The first kappa shape index (κ1) is 22.5. The smallest absolute Gasteiger partial charge is 0.274 e. The minimum atomic E-state index is -0.170. The highest BCUT2D eigenvalue weighted by molar-refractivity contribution is 5.93. The maximum Gasteiger partial charge on any atom is 0.274 e. The quantitative estimate of drug-likeness (QED) is 0.446. The molecule has 0 spiro atoms. The topological polar surface area (TPSA) is 89.2 Å². The third-order valence-electron chi connectivity index (χ3n) is 6.05. The van der Waals surface area contributed by atoms with Gasteiger partial charge in [0.15, 0.2) is 5.69 Å². The molecule has 0 bridgehead atoms. The number of rotatable bonds is 5. The Labute approximate surface area is 203 Å². The number of aromatic nitrogens is 5. The van der Waals surface area contributed by atoms with E-state index in [2.05, 4.69) is 20.1 Å². The molecule has 9 nitrogen and oxygen atoms in total. The lowest BCUT2D eigenvalue weighted by molar-refractivity contribution is 0.0740. The Kier molecular flexibility index (Phi) is 6.13. The van der Waals surface area contributed by atoms with Crippen molar-refractivity contribution in [3.63, 3.8) is 0 Å². The highest BCUT2D eigenvalue weighted by Crippen LogP contribution is 2.23. The first-order chi connectivity index (χ1) is 17.0. The van der Waals surface area contributed by atoms with Crippen molar-refractivity contribution in [3.8, 4) is 17.1 Å². The highest BCUT2D eigenvalue weighted by atomic mass is 16.2. The van der Waals surface area contributed by atoms with Gasteiger partial charge in [-0.15, -0.1) is 0 Å². The molecule has 0 radical (unpaired) electrons. The predicted octanol–water partition coefficient (Wildman–Crippen LogP) is 3.03. The first-order valence-corrected chi connectivity index (χ1v) is 11.7. The zero-order valence-corrected chi connectivity index (χ0v) is 19.8. The zero-order chi connectivity index (χ0) is 24.4. The number of hydrogen-bond acceptors (Lipinski definition) is 6. The Morgan fingerprint density at radius 1 is 0.886 bits per heavy atom. The number of piperazine rings is 1. The Balaban J connectivity index is 1.46. The van der Waals surface area contributed by atoms with Gasteiger partial charge in [0, 0.05) is 38.4 Å². The second-order valence-corrected chi connectivity index (χ2v) is 8.72. The van der Waals surface area contributed by atoms with E-state index in [4.69, 9.17) is 0 Å². The van der Waals surface area contributed by atoms with Gasteiger partial charge >= 0.3 is 0 Å². The molecule has 0 aliphatic carbocycles. The van der Waals surface area contributed by atoms with Crippen LogP contribution in [-0.4, -0.2) is 61.5 Å². The summed E-state index contributed by atoms with van der Waals surface area (Å²) in [5.74, 6) is 0.792. The van der Waals surface area contributed by atoms with Gasteiger partial charge in [0.1, 0.15) is 11.5 Å². The van der Waals surface area contributed by atoms with Crippen molar-refractivity contribution < 1.29 is 4.79 Å². The number of benzene rings is 1. The van der Waals surface area contributed by atoms with Crippen molar-refractivity contribution in [1.82, 2.24) is 29.4 Å². The highest BCUT2D eigenvalue weighted by Gasteiger charge is 2.26. The molecule has 1 aromatic carbocycles. The van der Waals surface area contributed by atoms with E-state index in [1.165, 1.54) is 10.7 Å². The van der Waals surface area contributed by atoms with Gasteiger partial charge in [-0.2, -0.15) is 10.2 Å². The molecule has 1 fully saturated rings. The molecule has 0 atom stereocenters. The van der Waals surface area contributed by atoms with Crippen molar-refractivity contribution in [2.24, 2.45) is 0 Å². The van der Waals surface area contributed by atoms with Crippen LogP contribution in [0.15, 0.2) is 77.7 Å². The van der Waals surface area contributed by atoms with Crippen molar-refractivity contribution >= 4 is 11.7 Å². The van der Waals surface area contributed by atoms with Crippen LogP contribution in [0.4, 0.5) is 5.82 Å². The van der Waals surface area contributed by atoms with Gasteiger partial charge in [-0.05, 0) is 50.2 Å². The second-order valence-electron chi connectivity index (χ2n) is 8.72. The fourth-order valence-corrected chi connectivity index (χ4v) is 4.21. The number of amides is 1. The fourth-order valence-electron chi connectivity index (χ4n) is 4.21. The van der Waals surface area contributed by atoms with Crippen LogP contribution in [0.25, 0.3) is 17.1 Å². The van der Waals surface area contributed by atoms with Crippen molar-refractivity contribution in [3.05, 3.63) is 89.0 Å². The molecule has 178 valence electrons. The molecular weight excluding hydrogens is 442 g/mol. The number of carbonyl (C=O) groups is 1. The van der Waals surface area contributed by atoms with E-state index in [0.29, 0.717) is 43.3 Å². The minimum Gasteiger partial charge on any atom is -0.353 e. The van der Waals surface area contributed by atoms with Crippen LogP contribution >= 0.6 is 0 Å². The molecule has 0 unspecified atom stereocenters. The van der Waals surface area contributed by atoms with Crippen LogP contribution in [0.1, 0.15) is 30.4 Å². The molecule has 1 amide bonds. The van der Waals surface area contributed by atoms with Crippen molar-refractivity contribution in [2.75, 3.05) is 31.1 Å². The third kappa shape index (κ3) is 4.57. The maximum absolute atomic E-state index is 13.4. The normalized spacial score (nSPS) is 13.9. The van der Waals surface area contributed by atoms with Gasteiger partial charge in [0.05, 0.1) is 17.4 Å². The van der Waals surface area contributed by atoms with Crippen molar-refractivity contribution in [1.29, 1.82) is 0 Å². The largest absolute Gasteiger partial charge is 0.353 e. The zero-order valence-electron chi connectivity index (χ0n) is 19.8. The summed E-state index contributed by atoms with van der Waals surface area (Å²) in [4.78, 5) is 34.1. The summed E-state index contributed by atoms with van der Waals surface area (Å²) < 4.78 is 3.16. The Morgan fingerprint density at radius 2 is 1.63 bits per heavy atom. The molecule has 0 saturated carbocycles. The molecule has 1 saturated heterocycles. The monoisotopic (exact) mass is 469 g/mol. The fraction of sp³-hybridized carbons (Fsp3) is 0.269. The van der Waals surface area contributed by atoms with Crippen LogP contribution in [0.2, 0.25) is 0 Å². The summed E-state index contributed by atoms with van der Waals surface area (Å²) in [5, 5.41) is 9.24. The molecule has 35 heavy (non-hydrogen) atoms. The SMILES string of the molecule is CC(C)n1nc(-c2cc(C(=O)N3CCN(c4ccccn4)CC3)nn2-c2ccccc2)ccc1=O. The van der Waals surface area contributed by atoms with E-state index >= 15 is 0 Å². The molecule has 4 heterocycles. The van der Waals surface area contributed by atoms with Gasteiger partial charge in [-0.3, -0.25) is 9.59 Å². The minimum absolute atomic E-state index is 0.0907. The van der Waals surface area contributed by atoms with Crippen LogP contribution in [0, 0.1) is 0 Å². The molecule has 5 rings (SSSR count).